The Morgan fingerprint density at radius 2 is 2.18 bits per heavy atom. The summed E-state index contributed by atoms with van der Waals surface area (Å²) in [6, 6.07) is 0.900. The summed E-state index contributed by atoms with van der Waals surface area (Å²) in [6.45, 7) is 5.95. The van der Waals surface area contributed by atoms with Crippen LogP contribution in [-0.2, 0) is 0 Å². The van der Waals surface area contributed by atoms with Crippen LogP contribution in [-0.4, -0.2) is 24.5 Å². The molecule has 11 heavy (non-hydrogen) atoms. The van der Waals surface area contributed by atoms with Crippen LogP contribution in [0.25, 0.3) is 0 Å². The van der Waals surface area contributed by atoms with Crippen LogP contribution >= 0.6 is 0 Å². The summed E-state index contributed by atoms with van der Waals surface area (Å²) in [5.74, 6) is 0.879. The first-order valence-electron chi connectivity index (χ1n) is 4.90. The van der Waals surface area contributed by atoms with E-state index in [-0.39, 0.29) is 0 Å². The second kappa shape index (κ2) is 4.10. The fourth-order valence-corrected chi connectivity index (χ4v) is 1.87. The molecule has 0 radical (unpaired) electrons. The quantitative estimate of drug-likeness (QED) is 0.605. The Labute approximate surface area is 70.8 Å². The lowest BCUT2D eigenvalue weighted by Crippen LogP contribution is -2.24. The lowest BCUT2D eigenvalue weighted by atomic mass is 10.0. The molecule has 0 spiro atoms. The summed E-state index contributed by atoms with van der Waals surface area (Å²) >= 11 is 0. The Kier molecular flexibility index (Phi) is 3.38. The van der Waals surface area contributed by atoms with E-state index in [4.69, 9.17) is 0 Å². The summed E-state index contributed by atoms with van der Waals surface area (Å²) in [6.07, 6.45) is 5.66. The largest absolute Gasteiger partial charge is 0.303 e. The van der Waals surface area contributed by atoms with Crippen LogP contribution < -0.4 is 0 Å². The van der Waals surface area contributed by atoms with Crippen LogP contribution in [0.15, 0.2) is 0 Å². The molecule has 1 unspecified atom stereocenters. The van der Waals surface area contributed by atoms with Gasteiger partial charge >= 0.3 is 0 Å². The number of rotatable bonds is 3. The van der Waals surface area contributed by atoms with Crippen molar-refractivity contribution in [1.82, 2.24) is 4.90 Å². The van der Waals surface area contributed by atoms with Crippen LogP contribution in [0.3, 0.4) is 0 Å². The SMILES string of the molecule is CC(C)CCC1CCCN1C. The standard InChI is InChI=1S/C10H21N/c1-9(2)6-7-10-5-4-8-11(10)3/h9-10H,4-8H2,1-3H3. The van der Waals surface area contributed by atoms with Gasteiger partial charge in [-0.1, -0.05) is 13.8 Å². The molecule has 0 aromatic rings. The predicted octanol–water partition coefficient (Wildman–Crippen LogP) is 2.52. The van der Waals surface area contributed by atoms with Gasteiger partial charge in [0.2, 0.25) is 0 Å². The lowest BCUT2D eigenvalue weighted by molar-refractivity contribution is 0.282. The Hall–Kier alpha value is -0.0400. The highest BCUT2D eigenvalue weighted by atomic mass is 15.1. The maximum Gasteiger partial charge on any atom is 0.00927 e. The number of nitrogens with zero attached hydrogens (tertiary/aromatic N) is 1. The highest BCUT2D eigenvalue weighted by Gasteiger charge is 2.19. The molecule has 1 aliphatic heterocycles. The van der Waals surface area contributed by atoms with Crippen molar-refractivity contribution in [2.24, 2.45) is 5.92 Å². The summed E-state index contributed by atoms with van der Waals surface area (Å²) in [4.78, 5) is 2.52. The van der Waals surface area contributed by atoms with Gasteiger partial charge in [0.1, 0.15) is 0 Å². The summed E-state index contributed by atoms with van der Waals surface area (Å²) in [5, 5.41) is 0. The van der Waals surface area contributed by atoms with E-state index >= 15 is 0 Å². The van der Waals surface area contributed by atoms with E-state index in [0.29, 0.717) is 0 Å². The van der Waals surface area contributed by atoms with Crippen molar-refractivity contribution in [3.63, 3.8) is 0 Å². The van der Waals surface area contributed by atoms with E-state index in [1.807, 2.05) is 0 Å². The zero-order valence-electron chi connectivity index (χ0n) is 8.14. The molecule has 1 heteroatoms. The third-order valence-corrected chi connectivity index (χ3v) is 2.75. The van der Waals surface area contributed by atoms with E-state index in [9.17, 15) is 0 Å². The van der Waals surface area contributed by atoms with Crippen LogP contribution in [0, 0.1) is 5.92 Å². The van der Waals surface area contributed by atoms with E-state index < -0.39 is 0 Å². The number of likely N-dealkylation sites (tertiary alicyclic amines) is 1. The smallest absolute Gasteiger partial charge is 0.00927 e. The molecular formula is C10H21N. The molecular weight excluding hydrogens is 134 g/mol. The fourth-order valence-electron chi connectivity index (χ4n) is 1.87. The molecule has 0 aromatic carbocycles. The third kappa shape index (κ3) is 2.82. The Balaban J connectivity index is 2.15. The first-order chi connectivity index (χ1) is 5.20. The predicted molar refractivity (Wildman–Crippen MR) is 49.7 cm³/mol. The van der Waals surface area contributed by atoms with Crippen molar-refractivity contribution in [1.29, 1.82) is 0 Å². The molecule has 1 aliphatic rings. The molecule has 0 saturated carbocycles. The van der Waals surface area contributed by atoms with Crippen molar-refractivity contribution in [3.05, 3.63) is 0 Å². The maximum absolute atomic E-state index is 2.52. The van der Waals surface area contributed by atoms with Crippen molar-refractivity contribution in [2.75, 3.05) is 13.6 Å². The molecule has 1 fully saturated rings. The molecule has 0 N–H and O–H groups in total. The summed E-state index contributed by atoms with van der Waals surface area (Å²) in [5.41, 5.74) is 0. The second-order valence-corrected chi connectivity index (χ2v) is 4.25. The second-order valence-electron chi connectivity index (χ2n) is 4.25. The number of hydrogen-bond acceptors (Lipinski definition) is 1. The van der Waals surface area contributed by atoms with Crippen molar-refractivity contribution in [3.8, 4) is 0 Å². The highest BCUT2D eigenvalue weighted by molar-refractivity contribution is 4.76. The number of hydrogen-bond donors (Lipinski definition) is 0. The van der Waals surface area contributed by atoms with Gasteiger partial charge in [0, 0.05) is 6.04 Å². The maximum atomic E-state index is 2.52. The van der Waals surface area contributed by atoms with Gasteiger partial charge in [0.15, 0.2) is 0 Å². The first kappa shape index (κ1) is 9.05. The van der Waals surface area contributed by atoms with Gasteiger partial charge in [-0.3, -0.25) is 0 Å². The molecule has 1 nitrogen and oxygen atoms in total. The Morgan fingerprint density at radius 1 is 1.45 bits per heavy atom. The highest BCUT2D eigenvalue weighted by Crippen LogP contribution is 2.20. The monoisotopic (exact) mass is 155 g/mol. The third-order valence-electron chi connectivity index (χ3n) is 2.75. The topological polar surface area (TPSA) is 3.24 Å². The summed E-state index contributed by atoms with van der Waals surface area (Å²) < 4.78 is 0. The van der Waals surface area contributed by atoms with Gasteiger partial charge in [-0.25, -0.2) is 0 Å². The van der Waals surface area contributed by atoms with E-state index in [1.165, 1.54) is 32.2 Å². The normalized spacial score (nSPS) is 26.7. The van der Waals surface area contributed by atoms with Gasteiger partial charge in [0.25, 0.3) is 0 Å². The lowest BCUT2D eigenvalue weighted by Gasteiger charge is -2.19. The Morgan fingerprint density at radius 3 is 2.64 bits per heavy atom. The average molecular weight is 155 g/mol. The molecule has 0 aliphatic carbocycles. The van der Waals surface area contributed by atoms with Crippen molar-refractivity contribution in [2.45, 2.75) is 45.6 Å². The molecule has 1 atom stereocenters. The van der Waals surface area contributed by atoms with Crippen LogP contribution in [0.5, 0.6) is 0 Å². The molecule has 1 saturated heterocycles. The Bertz CT molecular complexity index is 109. The minimum atomic E-state index is 0.879. The molecule has 1 rings (SSSR count). The minimum Gasteiger partial charge on any atom is -0.303 e. The molecule has 0 amide bonds. The first-order valence-corrected chi connectivity index (χ1v) is 4.90. The molecule has 1 heterocycles. The summed E-state index contributed by atoms with van der Waals surface area (Å²) in [7, 11) is 2.26. The van der Waals surface area contributed by atoms with Crippen molar-refractivity contribution < 1.29 is 0 Å². The van der Waals surface area contributed by atoms with Gasteiger partial charge in [0.05, 0.1) is 0 Å². The minimum absolute atomic E-state index is 0.879. The van der Waals surface area contributed by atoms with Crippen LogP contribution in [0.1, 0.15) is 39.5 Å². The van der Waals surface area contributed by atoms with E-state index in [1.54, 1.807) is 0 Å². The zero-order valence-corrected chi connectivity index (χ0v) is 8.14. The fraction of sp³-hybridized carbons (Fsp3) is 1.00. The molecule has 0 bridgehead atoms. The van der Waals surface area contributed by atoms with Gasteiger partial charge in [-0.15, -0.1) is 0 Å². The zero-order chi connectivity index (χ0) is 8.27. The van der Waals surface area contributed by atoms with Gasteiger partial charge in [-0.05, 0) is 45.2 Å². The van der Waals surface area contributed by atoms with Crippen LogP contribution in [0.2, 0.25) is 0 Å². The van der Waals surface area contributed by atoms with Crippen molar-refractivity contribution >= 4 is 0 Å². The van der Waals surface area contributed by atoms with E-state index in [0.717, 1.165) is 12.0 Å². The molecule has 0 aromatic heterocycles. The van der Waals surface area contributed by atoms with E-state index in [2.05, 4.69) is 25.8 Å². The van der Waals surface area contributed by atoms with Gasteiger partial charge in [-0.2, -0.15) is 0 Å². The van der Waals surface area contributed by atoms with Gasteiger partial charge < -0.3 is 4.90 Å². The average Bonchev–Trinajstić information content (AvgIpc) is 2.31. The molecule has 66 valence electrons. The van der Waals surface area contributed by atoms with Crippen LogP contribution in [0.4, 0.5) is 0 Å².